The van der Waals surface area contributed by atoms with Gasteiger partial charge in [-0.2, -0.15) is 0 Å². The van der Waals surface area contributed by atoms with E-state index in [-0.39, 0.29) is 38.6 Å². The number of carbonyl (C=O) groups excluding carboxylic acids is 2. The Bertz CT molecular complexity index is 1470. The molecule has 194 valence electrons. The van der Waals surface area contributed by atoms with Crippen LogP contribution in [0.15, 0.2) is 66.2 Å². The van der Waals surface area contributed by atoms with Crippen molar-refractivity contribution in [3.8, 4) is 11.5 Å². The van der Waals surface area contributed by atoms with E-state index in [1.165, 1.54) is 18.2 Å². The molecule has 0 saturated carbocycles. The number of amides is 2. The summed E-state index contributed by atoms with van der Waals surface area (Å²) >= 11 is 17.6. The van der Waals surface area contributed by atoms with E-state index in [0.717, 1.165) is 10.5 Å². The van der Waals surface area contributed by atoms with Gasteiger partial charge in [0.1, 0.15) is 12.2 Å². The summed E-state index contributed by atoms with van der Waals surface area (Å²) in [6.07, 6.45) is 1.42. The Kier molecular flexibility index (Phi) is 8.31. The lowest BCUT2D eigenvalue weighted by molar-refractivity contribution is -0.122. The number of aromatic carboxylic acids is 1. The third kappa shape index (κ3) is 5.80. The predicted octanol–water partition coefficient (Wildman–Crippen LogP) is 5.50. The summed E-state index contributed by atoms with van der Waals surface area (Å²) in [5, 5.41) is 11.8. The summed E-state index contributed by atoms with van der Waals surface area (Å²) in [6.45, 7) is 2.33. The Labute approximate surface area is 233 Å². The highest BCUT2D eigenvalue weighted by molar-refractivity contribution is 7.80. The van der Waals surface area contributed by atoms with Crippen molar-refractivity contribution in [3.05, 3.63) is 93.0 Å². The molecular weight excluding hydrogens is 551 g/mol. The Morgan fingerprint density at radius 1 is 1.05 bits per heavy atom. The lowest BCUT2D eigenvalue weighted by Crippen LogP contribution is -2.54. The van der Waals surface area contributed by atoms with Crippen LogP contribution < -0.4 is 19.7 Å². The fourth-order valence-electron chi connectivity index (χ4n) is 3.61. The first kappa shape index (κ1) is 27.1. The second-order valence-electron chi connectivity index (χ2n) is 7.96. The number of ether oxygens (including phenoxy) is 2. The van der Waals surface area contributed by atoms with E-state index in [9.17, 15) is 14.4 Å². The zero-order valence-corrected chi connectivity index (χ0v) is 22.2. The maximum absolute atomic E-state index is 13.3. The van der Waals surface area contributed by atoms with Crippen molar-refractivity contribution in [3.63, 3.8) is 0 Å². The highest BCUT2D eigenvalue weighted by Crippen LogP contribution is 2.35. The summed E-state index contributed by atoms with van der Waals surface area (Å²) < 4.78 is 11.6. The summed E-state index contributed by atoms with van der Waals surface area (Å²) in [6, 6.07) is 16.1. The third-order valence-electron chi connectivity index (χ3n) is 5.45. The first-order valence-electron chi connectivity index (χ1n) is 11.3. The molecule has 0 bridgehead atoms. The van der Waals surface area contributed by atoms with Crippen LogP contribution in [0.25, 0.3) is 6.08 Å². The topological polar surface area (TPSA) is 105 Å². The molecule has 0 aromatic heterocycles. The smallest absolute Gasteiger partial charge is 0.335 e. The molecule has 3 aromatic rings. The number of rotatable bonds is 8. The van der Waals surface area contributed by atoms with Crippen molar-refractivity contribution < 1.29 is 29.0 Å². The number of carbonyl (C=O) groups is 3. The maximum Gasteiger partial charge on any atom is 0.335 e. The highest BCUT2D eigenvalue weighted by atomic mass is 35.5. The molecule has 0 aliphatic carbocycles. The van der Waals surface area contributed by atoms with E-state index in [1.807, 2.05) is 6.92 Å². The molecule has 1 saturated heterocycles. The van der Waals surface area contributed by atoms with Crippen molar-refractivity contribution in [1.82, 2.24) is 5.32 Å². The molecule has 2 amide bonds. The maximum atomic E-state index is 13.3. The van der Waals surface area contributed by atoms with Gasteiger partial charge in [0.25, 0.3) is 11.8 Å². The predicted molar refractivity (Wildman–Crippen MR) is 148 cm³/mol. The van der Waals surface area contributed by atoms with Crippen LogP contribution in [0, 0.1) is 0 Å². The Hall–Kier alpha value is -3.92. The molecule has 0 atom stereocenters. The number of nitrogens with one attached hydrogen (secondary N) is 1. The lowest BCUT2D eigenvalue weighted by atomic mass is 10.1. The number of carboxylic acids is 1. The van der Waals surface area contributed by atoms with Crippen LogP contribution in [-0.2, 0) is 16.2 Å². The van der Waals surface area contributed by atoms with Crippen molar-refractivity contribution in [2.45, 2.75) is 13.5 Å². The monoisotopic (exact) mass is 570 g/mol. The average molecular weight is 571 g/mol. The van der Waals surface area contributed by atoms with Gasteiger partial charge in [-0.1, -0.05) is 47.5 Å². The van der Waals surface area contributed by atoms with Gasteiger partial charge in [0.15, 0.2) is 16.6 Å². The van der Waals surface area contributed by atoms with Gasteiger partial charge in [-0.3, -0.25) is 19.8 Å². The number of nitrogens with zero attached hydrogens (tertiary/aromatic N) is 1. The Balaban J connectivity index is 1.60. The molecule has 38 heavy (non-hydrogen) atoms. The van der Waals surface area contributed by atoms with E-state index < -0.39 is 17.8 Å². The number of halogens is 2. The van der Waals surface area contributed by atoms with Crippen molar-refractivity contribution in [2.24, 2.45) is 0 Å². The molecule has 11 heteroatoms. The van der Waals surface area contributed by atoms with Crippen LogP contribution in [-0.4, -0.2) is 34.6 Å². The number of anilines is 1. The molecule has 2 N–H and O–H groups in total. The molecule has 1 fully saturated rings. The third-order valence-corrected chi connectivity index (χ3v) is 6.54. The molecule has 4 rings (SSSR count). The van der Waals surface area contributed by atoms with Crippen molar-refractivity contribution >= 4 is 70.1 Å². The summed E-state index contributed by atoms with van der Waals surface area (Å²) in [5.74, 6) is -1.49. The molecular formula is C27H20Cl2N2O6S. The van der Waals surface area contributed by atoms with Gasteiger partial charge in [-0.05, 0) is 72.7 Å². The molecule has 8 nitrogen and oxygen atoms in total. The van der Waals surface area contributed by atoms with E-state index in [0.29, 0.717) is 23.7 Å². The van der Waals surface area contributed by atoms with Gasteiger partial charge in [0.05, 0.1) is 27.9 Å². The fourth-order valence-corrected chi connectivity index (χ4v) is 4.27. The Morgan fingerprint density at radius 2 is 1.79 bits per heavy atom. The van der Waals surface area contributed by atoms with Crippen LogP contribution in [0.1, 0.15) is 28.4 Å². The molecule has 3 aromatic carbocycles. The number of hydrogen-bond donors (Lipinski definition) is 2. The molecule has 0 spiro atoms. The molecule has 1 aliphatic heterocycles. The van der Waals surface area contributed by atoms with Crippen LogP contribution in [0.5, 0.6) is 11.5 Å². The zero-order valence-electron chi connectivity index (χ0n) is 19.9. The first-order valence-corrected chi connectivity index (χ1v) is 12.4. The number of benzene rings is 3. The van der Waals surface area contributed by atoms with Gasteiger partial charge in [0, 0.05) is 0 Å². The van der Waals surface area contributed by atoms with Gasteiger partial charge in [-0.25, -0.2) is 4.79 Å². The molecule has 1 heterocycles. The van der Waals surface area contributed by atoms with Crippen LogP contribution in [0.2, 0.25) is 10.0 Å². The first-order chi connectivity index (χ1) is 18.2. The van der Waals surface area contributed by atoms with Crippen molar-refractivity contribution in [2.75, 3.05) is 11.5 Å². The van der Waals surface area contributed by atoms with Crippen LogP contribution in [0.3, 0.4) is 0 Å². The van der Waals surface area contributed by atoms with Gasteiger partial charge in [0.2, 0.25) is 0 Å². The van der Waals surface area contributed by atoms with Gasteiger partial charge in [-0.15, -0.1) is 0 Å². The minimum absolute atomic E-state index is 0.114. The quantitative estimate of drug-likeness (QED) is 0.209. The lowest BCUT2D eigenvalue weighted by Gasteiger charge is -2.29. The zero-order chi connectivity index (χ0) is 27.4. The number of thiocarbonyl (C=S) groups is 1. The van der Waals surface area contributed by atoms with Gasteiger partial charge >= 0.3 is 5.97 Å². The van der Waals surface area contributed by atoms with Crippen LogP contribution in [0.4, 0.5) is 5.69 Å². The standard InChI is InChI=1S/C27H20Cl2N2O6S/c1-2-36-22-13-16(8-11-21(22)37-14-15-6-9-17(10-7-15)26(34)35)12-18-24(32)30-27(38)31(25(18)33)20-5-3-4-19(28)23(20)29/h3-13H,2,14H2,1H3,(H,34,35)(H,30,32,38)/b18-12+. The fraction of sp³-hybridized carbons (Fsp3) is 0.111. The van der Waals surface area contributed by atoms with Gasteiger partial charge < -0.3 is 14.6 Å². The normalized spacial score (nSPS) is 14.4. The molecule has 0 radical (unpaired) electrons. The summed E-state index contributed by atoms with van der Waals surface area (Å²) in [7, 11) is 0. The SMILES string of the molecule is CCOc1cc(/C=C2\C(=O)NC(=S)N(c3cccc(Cl)c3Cl)C2=O)ccc1OCc1ccc(C(=O)O)cc1. The summed E-state index contributed by atoms with van der Waals surface area (Å²) in [4.78, 5) is 38.2. The second-order valence-corrected chi connectivity index (χ2v) is 9.13. The van der Waals surface area contributed by atoms with Crippen LogP contribution >= 0.6 is 35.4 Å². The van der Waals surface area contributed by atoms with E-state index in [4.69, 9.17) is 50.0 Å². The molecule has 0 unspecified atom stereocenters. The minimum Gasteiger partial charge on any atom is -0.490 e. The van der Waals surface area contributed by atoms with E-state index in [1.54, 1.807) is 48.5 Å². The summed E-state index contributed by atoms with van der Waals surface area (Å²) in [5.41, 5.74) is 1.54. The largest absolute Gasteiger partial charge is 0.490 e. The highest BCUT2D eigenvalue weighted by Gasteiger charge is 2.35. The number of carboxylic acid groups (broad SMARTS) is 1. The van der Waals surface area contributed by atoms with Crippen molar-refractivity contribution in [1.29, 1.82) is 0 Å². The average Bonchev–Trinajstić information content (AvgIpc) is 2.89. The Morgan fingerprint density at radius 3 is 2.47 bits per heavy atom. The second kappa shape index (κ2) is 11.6. The molecule has 1 aliphatic rings. The minimum atomic E-state index is -1.01. The van der Waals surface area contributed by atoms with E-state index >= 15 is 0 Å². The number of hydrogen-bond acceptors (Lipinski definition) is 6. The van der Waals surface area contributed by atoms with E-state index in [2.05, 4.69) is 5.32 Å².